The molecule has 0 atom stereocenters. The number of anilines is 2. The van der Waals surface area contributed by atoms with Crippen LogP contribution in [0.2, 0.25) is 0 Å². The average Bonchev–Trinajstić information content (AvgIpc) is 2.83. The van der Waals surface area contributed by atoms with E-state index in [1.165, 1.54) is 32.8 Å². The minimum atomic E-state index is -0.288. The van der Waals surface area contributed by atoms with Crippen molar-refractivity contribution in [2.24, 2.45) is 5.41 Å². The van der Waals surface area contributed by atoms with Crippen LogP contribution in [0.1, 0.15) is 36.0 Å². The van der Waals surface area contributed by atoms with Crippen LogP contribution in [0.3, 0.4) is 0 Å². The Labute approximate surface area is 113 Å². The molecule has 4 heteroatoms. The van der Waals surface area contributed by atoms with Crippen LogP contribution < -0.4 is 10.6 Å². The Balaban J connectivity index is 1.84. The van der Waals surface area contributed by atoms with E-state index >= 15 is 0 Å². The summed E-state index contributed by atoms with van der Waals surface area (Å²) in [5, 5.41) is 7.03. The maximum absolute atomic E-state index is 11.6. The van der Waals surface area contributed by atoms with E-state index in [0.717, 1.165) is 24.5 Å². The van der Waals surface area contributed by atoms with Crippen LogP contribution >= 0.6 is 0 Å². The monoisotopic (exact) mass is 260 g/mol. The largest absolute Gasteiger partial charge is 0.465 e. The van der Waals surface area contributed by atoms with E-state index in [2.05, 4.69) is 10.6 Å². The summed E-state index contributed by atoms with van der Waals surface area (Å²) in [7, 11) is 1.41. The van der Waals surface area contributed by atoms with Crippen molar-refractivity contribution in [2.75, 3.05) is 30.8 Å². The van der Waals surface area contributed by atoms with Gasteiger partial charge in [-0.3, -0.25) is 0 Å². The molecule has 1 saturated carbocycles. The van der Waals surface area contributed by atoms with Gasteiger partial charge in [0.15, 0.2) is 0 Å². The normalized spacial score (nSPS) is 20.1. The van der Waals surface area contributed by atoms with Crippen LogP contribution in [0.15, 0.2) is 18.2 Å². The second-order valence-corrected chi connectivity index (χ2v) is 5.67. The van der Waals surface area contributed by atoms with Gasteiger partial charge in [-0.1, -0.05) is 12.8 Å². The smallest absolute Gasteiger partial charge is 0.337 e. The van der Waals surface area contributed by atoms with Crippen molar-refractivity contribution in [3.8, 4) is 0 Å². The lowest BCUT2D eigenvalue weighted by Crippen LogP contribution is -2.31. The van der Waals surface area contributed by atoms with Gasteiger partial charge in [-0.05, 0) is 31.0 Å². The van der Waals surface area contributed by atoms with Gasteiger partial charge >= 0.3 is 5.97 Å². The van der Waals surface area contributed by atoms with Gasteiger partial charge in [-0.2, -0.15) is 0 Å². The quantitative estimate of drug-likeness (QED) is 0.762. The van der Waals surface area contributed by atoms with Crippen LogP contribution in [-0.2, 0) is 4.74 Å². The number of hydrogen-bond donors (Lipinski definition) is 2. The number of fused-ring (bicyclic) bond motifs is 1. The Morgan fingerprint density at radius 2 is 1.84 bits per heavy atom. The van der Waals surface area contributed by atoms with Gasteiger partial charge in [0.2, 0.25) is 0 Å². The fraction of sp³-hybridized carbons (Fsp3) is 0.533. The molecule has 2 N–H and O–H groups in total. The number of esters is 1. The maximum Gasteiger partial charge on any atom is 0.337 e. The molecule has 0 unspecified atom stereocenters. The summed E-state index contributed by atoms with van der Waals surface area (Å²) < 4.78 is 4.76. The molecule has 19 heavy (non-hydrogen) atoms. The lowest BCUT2D eigenvalue weighted by molar-refractivity contribution is 0.0601. The van der Waals surface area contributed by atoms with Crippen molar-refractivity contribution in [1.29, 1.82) is 0 Å². The second kappa shape index (κ2) is 4.76. The molecule has 1 fully saturated rings. The Kier molecular flexibility index (Phi) is 3.09. The summed E-state index contributed by atoms with van der Waals surface area (Å²) in [5.41, 5.74) is 3.06. The molecule has 1 heterocycles. The van der Waals surface area contributed by atoms with Gasteiger partial charge in [-0.15, -0.1) is 0 Å². The van der Waals surface area contributed by atoms with Crippen molar-refractivity contribution in [2.45, 2.75) is 25.7 Å². The molecule has 1 aliphatic heterocycles. The highest BCUT2D eigenvalue weighted by molar-refractivity contribution is 5.92. The van der Waals surface area contributed by atoms with Crippen LogP contribution in [0.25, 0.3) is 0 Å². The summed E-state index contributed by atoms with van der Waals surface area (Å²) in [6.45, 7) is 2.00. The van der Waals surface area contributed by atoms with Crippen molar-refractivity contribution >= 4 is 17.3 Å². The molecule has 1 aromatic carbocycles. The van der Waals surface area contributed by atoms with Gasteiger partial charge in [0, 0.05) is 18.5 Å². The molecule has 4 nitrogen and oxygen atoms in total. The first kappa shape index (κ1) is 12.3. The SMILES string of the molecule is COC(=O)c1ccc2c(c1)NCC1(CCCC1)CN2. The lowest BCUT2D eigenvalue weighted by atomic mass is 9.86. The highest BCUT2D eigenvalue weighted by Crippen LogP contribution is 2.41. The third-order valence-electron chi connectivity index (χ3n) is 4.41. The number of nitrogens with one attached hydrogen (secondary N) is 2. The molecule has 0 bridgehead atoms. The first-order chi connectivity index (χ1) is 9.22. The van der Waals surface area contributed by atoms with E-state index in [-0.39, 0.29) is 5.97 Å². The molecule has 0 aromatic heterocycles. The van der Waals surface area contributed by atoms with Gasteiger partial charge < -0.3 is 15.4 Å². The average molecular weight is 260 g/mol. The standard InChI is InChI=1S/C15H20N2O2/c1-19-14(18)11-4-5-12-13(8-11)17-10-15(9-16-12)6-2-3-7-15/h4-5,8,16-17H,2-3,6-7,9-10H2,1H3. The minimum absolute atomic E-state index is 0.288. The number of ether oxygens (including phenoxy) is 1. The number of carbonyl (C=O) groups is 1. The number of methoxy groups -OCH3 is 1. The zero-order chi connectivity index (χ0) is 13.3. The molecule has 1 aromatic rings. The predicted molar refractivity (Wildman–Crippen MR) is 75.7 cm³/mol. The Morgan fingerprint density at radius 3 is 2.53 bits per heavy atom. The molecular formula is C15H20N2O2. The first-order valence-electron chi connectivity index (χ1n) is 6.93. The molecule has 0 saturated heterocycles. The van der Waals surface area contributed by atoms with Crippen LogP contribution in [0.4, 0.5) is 11.4 Å². The van der Waals surface area contributed by atoms with Crippen LogP contribution in [0, 0.1) is 5.41 Å². The Morgan fingerprint density at radius 1 is 1.16 bits per heavy atom. The van der Waals surface area contributed by atoms with Crippen molar-refractivity contribution in [3.63, 3.8) is 0 Å². The van der Waals surface area contributed by atoms with Crippen molar-refractivity contribution in [1.82, 2.24) is 0 Å². The van der Waals surface area contributed by atoms with E-state index in [4.69, 9.17) is 4.74 Å². The zero-order valence-corrected chi connectivity index (χ0v) is 11.3. The number of rotatable bonds is 1. The number of hydrogen-bond acceptors (Lipinski definition) is 4. The summed E-state index contributed by atoms with van der Waals surface area (Å²) in [6.07, 6.45) is 5.22. The summed E-state index contributed by atoms with van der Waals surface area (Å²) in [6, 6.07) is 5.65. The van der Waals surface area contributed by atoms with E-state index in [1.807, 2.05) is 18.2 Å². The summed E-state index contributed by atoms with van der Waals surface area (Å²) in [4.78, 5) is 11.6. The summed E-state index contributed by atoms with van der Waals surface area (Å²) in [5.74, 6) is -0.288. The lowest BCUT2D eigenvalue weighted by Gasteiger charge is -2.26. The number of carbonyl (C=O) groups excluding carboxylic acids is 1. The molecule has 102 valence electrons. The molecule has 2 aliphatic rings. The topological polar surface area (TPSA) is 50.4 Å². The second-order valence-electron chi connectivity index (χ2n) is 5.67. The van der Waals surface area contributed by atoms with E-state index in [9.17, 15) is 4.79 Å². The fourth-order valence-electron chi connectivity index (χ4n) is 3.20. The van der Waals surface area contributed by atoms with E-state index in [1.54, 1.807) is 0 Å². The van der Waals surface area contributed by atoms with Crippen molar-refractivity contribution < 1.29 is 9.53 Å². The Bertz CT molecular complexity index is 493. The van der Waals surface area contributed by atoms with Crippen LogP contribution in [-0.4, -0.2) is 26.2 Å². The van der Waals surface area contributed by atoms with Crippen molar-refractivity contribution in [3.05, 3.63) is 23.8 Å². The third kappa shape index (κ3) is 2.27. The highest BCUT2D eigenvalue weighted by Gasteiger charge is 2.35. The maximum atomic E-state index is 11.6. The predicted octanol–water partition coefficient (Wildman–Crippen LogP) is 2.87. The van der Waals surface area contributed by atoms with Crippen LogP contribution in [0.5, 0.6) is 0 Å². The third-order valence-corrected chi connectivity index (χ3v) is 4.41. The molecule has 0 amide bonds. The Hall–Kier alpha value is -1.71. The van der Waals surface area contributed by atoms with Gasteiger partial charge in [0.25, 0.3) is 0 Å². The number of benzene rings is 1. The molecule has 0 radical (unpaired) electrons. The van der Waals surface area contributed by atoms with Gasteiger partial charge in [0.05, 0.1) is 24.0 Å². The zero-order valence-electron chi connectivity index (χ0n) is 11.3. The molecule has 1 aliphatic carbocycles. The minimum Gasteiger partial charge on any atom is -0.465 e. The molecular weight excluding hydrogens is 240 g/mol. The molecule has 3 rings (SSSR count). The van der Waals surface area contributed by atoms with E-state index < -0.39 is 0 Å². The van der Waals surface area contributed by atoms with E-state index in [0.29, 0.717) is 11.0 Å². The molecule has 1 spiro atoms. The van der Waals surface area contributed by atoms with Gasteiger partial charge in [0.1, 0.15) is 0 Å². The van der Waals surface area contributed by atoms with Gasteiger partial charge in [-0.25, -0.2) is 4.79 Å². The fourth-order valence-corrected chi connectivity index (χ4v) is 3.20. The first-order valence-corrected chi connectivity index (χ1v) is 6.93. The highest BCUT2D eigenvalue weighted by atomic mass is 16.5. The summed E-state index contributed by atoms with van der Waals surface area (Å²) >= 11 is 0.